The Kier molecular flexibility index (Phi) is 6.59. The van der Waals surface area contributed by atoms with Gasteiger partial charge in [0.25, 0.3) is 15.9 Å². The minimum Gasteiger partial charge on any atom is -0.327 e. The van der Waals surface area contributed by atoms with Crippen molar-refractivity contribution in [3.8, 4) is 0 Å². The van der Waals surface area contributed by atoms with Crippen LogP contribution in [0.25, 0.3) is 0 Å². The van der Waals surface area contributed by atoms with Gasteiger partial charge in [0.15, 0.2) is 6.54 Å². The standard InChI is InChI=1S/C22H29N3O3S/c1-17-12-18(2)15-25(14-17)16-22(26)23-19-8-7-11-21(13-19)29(27,28)24(3)20-9-5-4-6-10-20/h4-11,13,17-18H,12,14-16H2,1-3H3,(H,23,26)/p+1/t17-,18+. The van der Waals surface area contributed by atoms with Crippen molar-refractivity contribution in [3.05, 3.63) is 54.6 Å². The fourth-order valence-corrected chi connectivity index (χ4v) is 5.41. The number of anilines is 2. The van der Waals surface area contributed by atoms with Crippen LogP contribution in [0.15, 0.2) is 59.5 Å². The number of piperidine rings is 1. The number of benzene rings is 2. The van der Waals surface area contributed by atoms with E-state index < -0.39 is 10.0 Å². The summed E-state index contributed by atoms with van der Waals surface area (Å²) in [6, 6.07) is 15.3. The number of hydrogen-bond donors (Lipinski definition) is 2. The number of rotatable bonds is 6. The molecule has 1 unspecified atom stereocenters. The number of nitrogens with one attached hydrogen (secondary N) is 2. The van der Waals surface area contributed by atoms with Crippen LogP contribution < -0.4 is 14.5 Å². The molecule has 3 rings (SSSR count). The van der Waals surface area contributed by atoms with Gasteiger partial charge in [0, 0.05) is 24.6 Å². The van der Waals surface area contributed by atoms with E-state index >= 15 is 0 Å². The van der Waals surface area contributed by atoms with Crippen LogP contribution in [0.5, 0.6) is 0 Å². The Hall–Kier alpha value is -2.38. The monoisotopic (exact) mass is 416 g/mol. The van der Waals surface area contributed by atoms with E-state index in [0.29, 0.717) is 29.8 Å². The minimum absolute atomic E-state index is 0.0905. The first-order chi connectivity index (χ1) is 13.8. The molecule has 0 spiro atoms. The quantitative estimate of drug-likeness (QED) is 0.757. The number of carbonyl (C=O) groups excluding carboxylic acids is 1. The lowest BCUT2D eigenvalue weighted by molar-refractivity contribution is -0.904. The number of carbonyl (C=O) groups is 1. The first-order valence-electron chi connectivity index (χ1n) is 10.0. The molecule has 0 saturated carbocycles. The van der Waals surface area contributed by atoms with Crippen LogP contribution in [0, 0.1) is 11.8 Å². The Morgan fingerprint density at radius 3 is 2.38 bits per heavy atom. The Morgan fingerprint density at radius 2 is 1.72 bits per heavy atom. The van der Waals surface area contributed by atoms with Crippen LogP contribution in [-0.2, 0) is 14.8 Å². The van der Waals surface area contributed by atoms with Crippen molar-refractivity contribution in [2.75, 3.05) is 36.3 Å². The first-order valence-corrected chi connectivity index (χ1v) is 11.5. The average molecular weight is 417 g/mol. The molecule has 2 N–H and O–H groups in total. The predicted octanol–water partition coefficient (Wildman–Crippen LogP) is 2.01. The summed E-state index contributed by atoms with van der Waals surface area (Å²) in [6.45, 7) is 6.84. The molecule has 1 amide bonds. The SMILES string of the molecule is C[C@@H]1C[C@H](C)C[NH+](CC(=O)Nc2cccc(S(=O)(=O)N(C)c3ccccc3)c2)C1. The van der Waals surface area contributed by atoms with Crippen molar-refractivity contribution < 1.29 is 18.1 Å². The van der Waals surface area contributed by atoms with Gasteiger partial charge in [-0.25, -0.2) is 8.42 Å². The van der Waals surface area contributed by atoms with E-state index in [2.05, 4.69) is 19.2 Å². The molecule has 6 nitrogen and oxygen atoms in total. The van der Waals surface area contributed by atoms with E-state index in [1.165, 1.54) is 28.7 Å². The zero-order valence-electron chi connectivity index (χ0n) is 17.3. The van der Waals surface area contributed by atoms with Crippen molar-refractivity contribution >= 4 is 27.3 Å². The lowest BCUT2D eigenvalue weighted by Crippen LogP contribution is -3.15. The number of sulfonamides is 1. The van der Waals surface area contributed by atoms with Gasteiger partial charge >= 0.3 is 0 Å². The van der Waals surface area contributed by atoms with Gasteiger partial charge in [0.2, 0.25) is 0 Å². The molecule has 29 heavy (non-hydrogen) atoms. The lowest BCUT2D eigenvalue weighted by atomic mass is 9.92. The molecule has 1 saturated heterocycles. The second kappa shape index (κ2) is 8.97. The topological polar surface area (TPSA) is 70.9 Å². The van der Waals surface area contributed by atoms with Gasteiger partial charge in [0.1, 0.15) is 0 Å². The van der Waals surface area contributed by atoms with Gasteiger partial charge < -0.3 is 10.2 Å². The highest BCUT2D eigenvalue weighted by atomic mass is 32.2. The zero-order chi connectivity index (χ0) is 21.0. The maximum Gasteiger partial charge on any atom is 0.279 e. The molecule has 1 aliphatic rings. The Labute approximate surface area is 173 Å². The van der Waals surface area contributed by atoms with E-state index in [0.717, 1.165) is 13.1 Å². The summed E-state index contributed by atoms with van der Waals surface area (Å²) in [7, 11) is -2.19. The van der Waals surface area contributed by atoms with Crippen LogP contribution in [-0.4, -0.2) is 41.0 Å². The average Bonchev–Trinajstić information content (AvgIpc) is 2.67. The molecule has 1 fully saturated rings. The molecule has 7 heteroatoms. The van der Waals surface area contributed by atoms with Crippen molar-refractivity contribution in [1.29, 1.82) is 0 Å². The van der Waals surface area contributed by atoms with Crippen LogP contribution >= 0.6 is 0 Å². The van der Waals surface area contributed by atoms with Gasteiger partial charge in [-0.3, -0.25) is 9.10 Å². The summed E-state index contributed by atoms with van der Waals surface area (Å²) < 4.78 is 27.2. The normalized spacial score (nSPS) is 22.1. The summed E-state index contributed by atoms with van der Waals surface area (Å²) in [5.41, 5.74) is 1.08. The number of quaternary nitrogens is 1. The fourth-order valence-electron chi connectivity index (χ4n) is 4.17. The number of likely N-dealkylation sites (tertiary alicyclic amines) is 1. The van der Waals surface area contributed by atoms with Gasteiger partial charge in [-0.2, -0.15) is 0 Å². The van der Waals surface area contributed by atoms with E-state index in [4.69, 9.17) is 0 Å². The highest BCUT2D eigenvalue weighted by molar-refractivity contribution is 7.92. The molecular formula is C22H30N3O3S+. The van der Waals surface area contributed by atoms with Gasteiger partial charge in [-0.15, -0.1) is 0 Å². The summed E-state index contributed by atoms with van der Waals surface area (Å²) in [5.74, 6) is 1.14. The van der Waals surface area contributed by atoms with Crippen LogP contribution in [0.3, 0.4) is 0 Å². The third-order valence-corrected chi connectivity index (χ3v) is 7.17. The van der Waals surface area contributed by atoms with Gasteiger partial charge in [-0.1, -0.05) is 38.1 Å². The highest BCUT2D eigenvalue weighted by Gasteiger charge is 2.27. The van der Waals surface area contributed by atoms with Gasteiger partial charge in [-0.05, 0) is 36.8 Å². The first kappa shape index (κ1) is 21.3. The van der Waals surface area contributed by atoms with Crippen molar-refractivity contribution in [2.45, 2.75) is 25.2 Å². The Balaban J connectivity index is 1.70. The summed E-state index contributed by atoms with van der Waals surface area (Å²) in [6.07, 6.45) is 1.21. The summed E-state index contributed by atoms with van der Waals surface area (Å²) in [5, 5.41) is 2.87. The van der Waals surface area contributed by atoms with E-state index in [1.54, 1.807) is 42.5 Å². The van der Waals surface area contributed by atoms with Crippen LogP contribution in [0.2, 0.25) is 0 Å². The number of hydrogen-bond acceptors (Lipinski definition) is 3. The molecule has 3 atom stereocenters. The van der Waals surface area contributed by atoms with Crippen LogP contribution in [0.1, 0.15) is 20.3 Å². The third-order valence-electron chi connectivity index (χ3n) is 5.39. The Bertz CT molecular complexity index is 937. The van der Waals surface area contributed by atoms with Crippen LogP contribution in [0.4, 0.5) is 11.4 Å². The largest absolute Gasteiger partial charge is 0.327 e. The molecule has 0 aliphatic carbocycles. The molecule has 156 valence electrons. The Morgan fingerprint density at radius 1 is 1.07 bits per heavy atom. The number of nitrogens with zero attached hydrogens (tertiary/aromatic N) is 1. The zero-order valence-corrected chi connectivity index (χ0v) is 18.1. The molecule has 1 heterocycles. The van der Waals surface area contributed by atoms with Crippen molar-refractivity contribution in [2.24, 2.45) is 11.8 Å². The lowest BCUT2D eigenvalue weighted by Gasteiger charge is -2.31. The van der Waals surface area contributed by atoms with E-state index in [-0.39, 0.29) is 10.8 Å². The second-order valence-electron chi connectivity index (χ2n) is 8.17. The number of amides is 1. The number of para-hydroxylation sites is 1. The van der Waals surface area contributed by atoms with E-state index in [9.17, 15) is 13.2 Å². The minimum atomic E-state index is -3.72. The maximum atomic E-state index is 13.0. The molecular weight excluding hydrogens is 386 g/mol. The van der Waals surface area contributed by atoms with E-state index in [1.807, 2.05) is 6.07 Å². The van der Waals surface area contributed by atoms with Gasteiger partial charge in [0.05, 0.1) is 23.7 Å². The molecule has 2 aromatic rings. The maximum absolute atomic E-state index is 13.0. The molecule has 0 aromatic heterocycles. The van der Waals surface area contributed by atoms with Crippen molar-refractivity contribution in [1.82, 2.24) is 0 Å². The smallest absolute Gasteiger partial charge is 0.279 e. The fraction of sp³-hybridized carbons (Fsp3) is 0.409. The van der Waals surface area contributed by atoms with Crippen molar-refractivity contribution in [3.63, 3.8) is 0 Å². The third kappa shape index (κ3) is 5.36. The molecule has 0 radical (unpaired) electrons. The predicted molar refractivity (Wildman–Crippen MR) is 116 cm³/mol. The summed E-state index contributed by atoms with van der Waals surface area (Å²) >= 11 is 0. The molecule has 2 aromatic carbocycles. The molecule has 0 bridgehead atoms. The second-order valence-corrected chi connectivity index (χ2v) is 10.1. The highest BCUT2D eigenvalue weighted by Crippen LogP contribution is 2.23. The summed E-state index contributed by atoms with van der Waals surface area (Å²) in [4.78, 5) is 13.9. The molecule has 1 aliphatic heterocycles.